The van der Waals surface area contributed by atoms with Gasteiger partial charge in [0.25, 0.3) is 0 Å². The summed E-state index contributed by atoms with van der Waals surface area (Å²) in [5.74, 6) is 1.43. The van der Waals surface area contributed by atoms with Gasteiger partial charge in [0.1, 0.15) is 0 Å². The minimum absolute atomic E-state index is 1.02. The van der Waals surface area contributed by atoms with Gasteiger partial charge >= 0.3 is 0 Å². The largest absolute Gasteiger partial charge is 0.159 e. The summed E-state index contributed by atoms with van der Waals surface area (Å²) in [4.78, 5) is 0. The lowest BCUT2D eigenvalue weighted by Crippen LogP contribution is -2.08. The van der Waals surface area contributed by atoms with Crippen LogP contribution in [0.4, 0.5) is 0 Å². The van der Waals surface area contributed by atoms with E-state index in [4.69, 9.17) is 0 Å². The van der Waals surface area contributed by atoms with Gasteiger partial charge in [0.15, 0.2) is 0 Å². The van der Waals surface area contributed by atoms with Gasteiger partial charge in [-0.2, -0.15) is 11.8 Å². The van der Waals surface area contributed by atoms with E-state index in [1.165, 1.54) is 50.7 Å². The molecule has 1 aliphatic heterocycles. The van der Waals surface area contributed by atoms with Crippen molar-refractivity contribution in [1.29, 1.82) is 0 Å². The molecule has 0 spiro atoms. The van der Waals surface area contributed by atoms with Crippen LogP contribution in [0.2, 0.25) is 0 Å². The maximum atomic E-state index is 2.29. The van der Waals surface area contributed by atoms with E-state index in [1.807, 2.05) is 0 Å². The van der Waals surface area contributed by atoms with Crippen molar-refractivity contribution in [3.63, 3.8) is 0 Å². The van der Waals surface area contributed by atoms with E-state index in [0.29, 0.717) is 0 Å². The fourth-order valence-corrected chi connectivity index (χ4v) is 3.03. The summed E-state index contributed by atoms with van der Waals surface area (Å²) in [6.45, 7) is 2.29. The van der Waals surface area contributed by atoms with E-state index >= 15 is 0 Å². The summed E-state index contributed by atoms with van der Waals surface area (Å²) >= 11 is 2.21. The van der Waals surface area contributed by atoms with Crippen molar-refractivity contribution in [3.05, 3.63) is 0 Å². The molecule has 0 N–H and O–H groups in total. The van der Waals surface area contributed by atoms with Crippen LogP contribution < -0.4 is 0 Å². The normalized spacial score (nSPS) is 25.4. The van der Waals surface area contributed by atoms with Crippen LogP contribution in [-0.2, 0) is 0 Å². The first-order valence-electron chi connectivity index (χ1n) is 5.05. The highest BCUT2D eigenvalue weighted by atomic mass is 32.2. The van der Waals surface area contributed by atoms with Gasteiger partial charge in [0.2, 0.25) is 0 Å². The van der Waals surface area contributed by atoms with Crippen LogP contribution >= 0.6 is 11.8 Å². The van der Waals surface area contributed by atoms with Crippen molar-refractivity contribution in [2.24, 2.45) is 0 Å². The standard InChI is InChI=1S/C10H20S/c1-2-3-4-7-10-8-5-6-9-11-10/h10H,2-9H2,1H3. The van der Waals surface area contributed by atoms with Gasteiger partial charge in [-0.25, -0.2) is 0 Å². The third-order valence-electron chi connectivity index (χ3n) is 2.40. The van der Waals surface area contributed by atoms with E-state index in [9.17, 15) is 0 Å². The summed E-state index contributed by atoms with van der Waals surface area (Å²) < 4.78 is 0. The van der Waals surface area contributed by atoms with Gasteiger partial charge in [-0.1, -0.05) is 32.6 Å². The molecule has 66 valence electrons. The average Bonchev–Trinajstić information content (AvgIpc) is 2.07. The van der Waals surface area contributed by atoms with E-state index in [2.05, 4.69) is 18.7 Å². The molecule has 0 aliphatic carbocycles. The fraction of sp³-hybridized carbons (Fsp3) is 1.00. The molecule has 0 amide bonds. The Morgan fingerprint density at radius 2 is 2.18 bits per heavy atom. The topological polar surface area (TPSA) is 0 Å². The molecule has 11 heavy (non-hydrogen) atoms. The molecule has 0 bridgehead atoms. The highest BCUT2D eigenvalue weighted by Gasteiger charge is 2.12. The Kier molecular flexibility index (Phi) is 5.09. The smallest absolute Gasteiger partial charge is 0.00470 e. The first-order chi connectivity index (χ1) is 5.43. The van der Waals surface area contributed by atoms with Crippen LogP contribution in [0, 0.1) is 0 Å². The number of hydrogen-bond donors (Lipinski definition) is 0. The second-order valence-electron chi connectivity index (χ2n) is 3.48. The van der Waals surface area contributed by atoms with Crippen LogP contribution in [0.25, 0.3) is 0 Å². The fourth-order valence-electron chi connectivity index (χ4n) is 1.66. The molecule has 1 fully saturated rings. The molecule has 0 nitrogen and oxygen atoms in total. The number of unbranched alkanes of at least 4 members (excludes halogenated alkanes) is 2. The van der Waals surface area contributed by atoms with E-state index in [0.717, 1.165) is 5.25 Å². The minimum Gasteiger partial charge on any atom is -0.159 e. The Morgan fingerprint density at radius 3 is 2.82 bits per heavy atom. The minimum atomic E-state index is 1.02. The number of thioether (sulfide) groups is 1. The molecule has 1 aliphatic rings. The molecule has 1 unspecified atom stereocenters. The second-order valence-corrected chi connectivity index (χ2v) is 4.89. The highest BCUT2D eigenvalue weighted by molar-refractivity contribution is 7.99. The predicted octanol–water partition coefficient (Wildman–Crippen LogP) is 3.85. The van der Waals surface area contributed by atoms with Gasteiger partial charge in [-0.3, -0.25) is 0 Å². The van der Waals surface area contributed by atoms with Crippen LogP contribution in [0.3, 0.4) is 0 Å². The van der Waals surface area contributed by atoms with Crippen LogP contribution in [0.15, 0.2) is 0 Å². The molecule has 1 heterocycles. The zero-order valence-electron chi connectivity index (χ0n) is 7.64. The zero-order valence-corrected chi connectivity index (χ0v) is 8.46. The summed E-state index contributed by atoms with van der Waals surface area (Å²) in [5, 5.41) is 1.02. The third-order valence-corrected chi connectivity index (χ3v) is 3.87. The van der Waals surface area contributed by atoms with Crippen LogP contribution in [0.1, 0.15) is 51.9 Å². The molecular formula is C10H20S. The molecule has 0 aromatic carbocycles. The lowest BCUT2D eigenvalue weighted by Gasteiger charge is -2.20. The van der Waals surface area contributed by atoms with Crippen LogP contribution in [0.5, 0.6) is 0 Å². The van der Waals surface area contributed by atoms with Gasteiger partial charge in [0, 0.05) is 5.25 Å². The lowest BCUT2D eigenvalue weighted by molar-refractivity contribution is 0.585. The zero-order chi connectivity index (χ0) is 7.94. The first-order valence-corrected chi connectivity index (χ1v) is 6.10. The Labute approximate surface area is 75.1 Å². The van der Waals surface area contributed by atoms with E-state index in [1.54, 1.807) is 0 Å². The molecule has 1 rings (SSSR count). The van der Waals surface area contributed by atoms with Crippen molar-refractivity contribution < 1.29 is 0 Å². The SMILES string of the molecule is CCCCCC1CCCCS1. The molecule has 1 atom stereocenters. The summed E-state index contributed by atoms with van der Waals surface area (Å²) in [5.41, 5.74) is 0. The van der Waals surface area contributed by atoms with Gasteiger partial charge < -0.3 is 0 Å². The number of hydrogen-bond acceptors (Lipinski definition) is 1. The maximum Gasteiger partial charge on any atom is 0.00470 e. The Balaban J connectivity index is 1.96. The summed E-state index contributed by atoms with van der Waals surface area (Å²) in [6.07, 6.45) is 10.2. The molecule has 1 saturated heterocycles. The Hall–Kier alpha value is 0.350. The van der Waals surface area contributed by atoms with E-state index in [-0.39, 0.29) is 0 Å². The molecule has 1 heteroatoms. The first kappa shape index (κ1) is 9.44. The third kappa shape index (κ3) is 4.05. The van der Waals surface area contributed by atoms with Crippen molar-refractivity contribution in [3.8, 4) is 0 Å². The van der Waals surface area contributed by atoms with Crippen molar-refractivity contribution in [2.45, 2.75) is 57.1 Å². The van der Waals surface area contributed by atoms with Crippen molar-refractivity contribution in [1.82, 2.24) is 0 Å². The van der Waals surface area contributed by atoms with Crippen molar-refractivity contribution in [2.75, 3.05) is 5.75 Å². The van der Waals surface area contributed by atoms with Gasteiger partial charge in [0.05, 0.1) is 0 Å². The predicted molar refractivity (Wildman–Crippen MR) is 54.2 cm³/mol. The average molecular weight is 172 g/mol. The summed E-state index contributed by atoms with van der Waals surface area (Å²) in [7, 11) is 0. The summed E-state index contributed by atoms with van der Waals surface area (Å²) in [6, 6.07) is 0. The van der Waals surface area contributed by atoms with Crippen molar-refractivity contribution >= 4 is 11.8 Å². The molecular weight excluding hydrogens is 152 g/mol. The molecule has 0 aromatic heterocycles. The quantitative estimate of drug-likeness (QED) is 0.580. The molecule has 0 aromatic rings. The van der Waals surface area contributed by atoms with Gasteiger partial charge in [-0.05, 0) is 25.0 Å². The highest BCUT2D eigenvalue weighted by Crippen LogP contribution is 2.28. The molecule has 0 saturated carbocycles. The Morgan fingerprint density at radius 1 is 1.27 bits per heavy atom. The Bertz CT molecular complexity index is 84.9. The van der Waals surface area contributed by atoms with E-state index < -0.39 is 0 Å². The number of rotatable bonds is 4. The monoisotopic (exact) mass is 172 g/mol. The molecule has 0 radical (unpaired) electrons. The lowest BCUT2D eigenvalue weighted by atomic mass is 10.1. The van der Waals surface area contributed by atoms with Gasteiger partial charge in [-0.15, -0.1) is 0 Å². The second kappa shape index (κ2) is 5.93. The maximum absolute atomic E-state index is 2.29. The van der Waals surface area contributed by atoms with Crippen LogP contribution in [-0.4, -0.2) is 11.0 Å².